The Balaban J connectivity index is 1.02. The molecule has 60 heavy (non-hydrogen) atoms. The Hall–Kier alpha value is -4.42. The highest BCUT2D eigenvalue weighted by atomic mass is 16.6. The van der Waals surface area contributed by atoms with Crippen molar-refractivity contribution in [3.05, 3.63) is 117 Å². The summed E-state index contributed by atoms with van der Waals surface area (Å²) in [5, 5.41) is 0. The van der Waals surface area contributed by atoms with Gasteiger partial charge in [-0.2, -0.15) is 0 Å². The second-order valence-corrected chi connectivity index (χ2v) is 16.9. The zero-order valence-corrected chi connectivity index (χ0v) is 34.6. The molecule has 2 spiro atoms. The standard InChI is InChI=1S/C50H56O10/c1-3-7-41-35(5-1)29-49(31-37-25-43-44(26-38(37)32-49)58-22-18-54-14-10-51-9-13-53-17-21-57-43)47(41)48-42-8-4-2-6-36(42)30-50(48)33-39-27-45-46(28-40(39)34-50)60-24-20-56-16-12-52-11-15-55-19-23-59-45/h1-8,25-28H,9-24,29-34H2/b48-47-. The first-order valence-electron chi connectivity index (χ1n) is 21.9. The number of hydrogen-bond acceptors (Lipinski definition) is 10. The van der Waals surface area contributed by atoms with Crippen molar-refractivity contribution in [2.45, 2.75) is 38.5 Å². The molecule has 0 unspecified atom stereocenters. The number of rotatable bonds is 0. The first-order chi connectivity index (χ1) is 29.7. The molecule has 0 radical (unpaired) electrons. The van der Waals surface area contributed by atoms with Crippen LogP contribution in [0.25, 0.3) is 11.1 Å². The van der Waals surface area contributed by atoms with E-state index in [9.17, 15) is 0 Å². The molecule has 0 saturated heterocycles. The molecule has 10 rings (SSSR count). The van der Waals surface area contributed by atoms with Gasteiger partial charge in [0.05, 0.1) is 79.3 Å². The van der Waals surface area contributed by atoms with Gasteiger partial charge in [0.15, 0.2) is 23.0 Å². The molecule has 2 heterocycles. The van der Waals surface area contributed by atoms with Crippen molar-refractivity contribution in [2.24, 2.45) is 10.8 Å². The SMILES string of the molecule is c1ccc2c(c1)CC1(Cc3cc4c(cc3C1)OCCOCCOCCOCCO4)/C2=C1/c2ccccc2CC12Cc1cc3c(cc1C2)OCCOCCOCCOCCO3. The van der Waals surface area contributed by atoms with Crippen molar-refractivity contribution in [1.82, 2.24) is 0 Å². The van der Waals surface area contributed by atoms with Gasteiger partial charge in [-0.05, 0) is 118 Å². The van der Waals surface area contributed by atoms with E-state index in [1.54, 1.807) is 0 Å². The zero-order valence-electron chi connectivity index (χ0n) is 34.6. The summed E-state index contributed by atoms with van der Waals surface area (Å²) in [4.78, 5) is 0. The molecule has 6 aliphatic rings. The van der Waals surface area contributed by atoms with E-state index in [4.69, 9.17) is 47.4 Å². The van der Waals surface area contributed by atoms with Crippen LogP contribution in [-0.4, -0.2) is 106 Å². The van der Waals surface area contributed by atoms with Crippen molar-refractivity contribution in [3.63, 3.8) is 0 Å². The molecule has 0 atom stereocenters. The Bertz CT molecular complexity index is 1950. The van der Waals surface area contributed by atoms with Crippen LogP contribution < -0.4 is 18.9 Å². The maximum Gasteiger partial charge on any atom is 0.161 e. The van der Waals surface area contributed by atoms with Crippen LogP contribution >= 0.6 is 0 Å². The third-order valence-corrected chi connectivity index (χ3v) is 13.0. The Morgan fingerprint density at radius 3 is 0.833 bits per heavy atom. The molecule has 10 heteroatoms. The Morgan fingerprint density at radius 1 is 0.283 bits per heavy atom. The van der Waals surface area contributed by atoms with Crippen LogP contribution in [0.1, 0.15) is 44.5 Å². The van der Waals surface area contributed by atoms with Gasteiger partial charge >= 0.3 is 0 Å². The quantitative estimate of drug-likeness (QED) is 0.186. The number of allylic oxidation sites excluding steroid dienone is 2. The van der Waals surface area contributed by atoms with Crippen LogP contribution in [0.15, 0.2) is 72.8 Å². The van der Waals surface area contributed by atoms with E-state index in [1.165, 1.54) is 55.7 Å². The highest BCUT2D eigenvalue weighted by molar-refractivity contribution is 6.01. The summed E-state index contributed by atoms with van der Waals surface area (Å²) < 4.78 is 60.0. The van der Waals surface area contributed by atoms with Gasteiger partial charge in [-0.3, -0.25) is 0 Å². The molecule has 0 fully saturated rings. The van der Waals surface area contributed by atoms with Gasteiger partial charge < -0.3 is 47.4 Å². The smallest absolute Gasteiger partial charge is 0.161 e. The molecule has 0 bridgehead atoms. The van der Waals surface area contributed by atoms with E-state index in [0.717, 1.165) is 61.5 Å². The lowest BCUT2D eigenvalue weighted by atomic mass is 9.68. The van der Waals surface area contributed by atoms with Crippen LogP contribution in [0.4, 0.5) is 0 Å². The molecule has 0 N–H and O–H groups in total. The van der Waals surface area contributed by atoms with E-state index in [-0.39, 0.29) is 10.8 Å². The molecule has 2 aliphatic heterocycles. The summed E-state index contributed by atoms with van der Waals surface area (Å²) in [5.41, 5.74) is 13.8. The second-order valence-electron chi connectivity index (χ2n) is 16.9. The first kappa shape index (κ1) is 39.7. The van der Waals surface area contributed by atoms with E-state index in [0.29, 0.717) is 106 Å². The number of fused-ring (bicyclic) bond motifs is 6. The van der Waals surface area contributed by atoms with Crippen LogP contribution in [0.5, 0.6) is 23.0 Å². The minimum Gasteiger partial charge on any atom is -0.487 e. The fourth-order valence-corrected chi connectivity index (χ4v) is 10.6. The van der Waals surface area contributed by atoms with Crippen molar-refractivity contribution in [3.8, 4) is 23.0 Å². The fourth-order valence-electron chi connectivity index (χ4n) is 10.6. The normalized spacial score (nSPS) is 23.1. The van der Waals surface area contributed by atoms with Gasteiger partial charge in [-0.15, -0.1) is 0 Å². The average molecular weight is 817 g/mol. The molecule has 4 aliphatic carbocycles. The lowest BCUT2D eigenvalue weighted by Crippen LogP contribution is -2.27. The highest BCUT2D eigenvalue weighted by Crippen LogP contribution is 2.65. The predicted molar refractivity (Wildman–Crippen MR) is 227 cm³/mol. The molecule has 4 aromatic rings. The van der Waals surface area contributed by atoms with Gasteiger partial charge in [-0.1, -0.05) is 48.5 Å². The maximum absolute atomic E-state index is 6.40. The Kier molecular flexibility index (Phi) is 11.8. The summed E-state index contributed by atoms with van der Waals surface area (Å²) in [5.74, 6) is 3.08. The lowest BCUT2D eigenvalue weighted by Gasteiger charge is -2.34. The molecule has 316 valence electrons. The van der Waals surface area contributed by atoms with Gasteiger partial charge in [0.1, 0.15) is 26.4 Å². The Morgan fingerprint density at radius 2 is 0.533 bits per heavy atom. The van der Waals surface area contributed by atoms with Crippen molar-refractivity contribution in [1.29, 1.82) is 0 Å². The van der Waals surface area contributed by atoms with Gasteiger partial charge in [0, 0.05) is 10.8 Å². The molecular formula is C50H56O10. The number of benzene rings is 4. The van der Waals surface area contributed by atoms with E-state index < -0.39 is 0 Å². The zero-order chi connectivity index (χ0) is 40.2. The van der Waals surface area contributed by atoms with Gasteiger partial charge in [0.25, 0.3) is 0 Å². The van der Waals surface area contributed by atoms with E-state index in [1.807, 2.05) is 0 Å². The van der Waals surface area contributed by atoms with Crippen LogP contribution in [0.2, 0.25) is 0 Å². The minimum atomic E-state index is -0.115. The molecule has 0 saturated carbocycles. The largest absolute Gasteiger partial charge is 0.487 e. The van der Waals surface area contributed by atoms with Gasteiger partial charge in [-0.25, -0.2) is 0 Å². The van der Waals surface area contributed by atoms with Gasteiger partial charge in [0.2, 0.25) is 0 Å². The second kappa shape index (κ2) is 17.9. The molecular weight excluding hydrogens is 761 g/mol. The predicted octanol–water partition coefficient (Wildman–Crippen LogP) is 6.92. The van der Waals surface area contributed by atoms with Crippen molar-refractivity contribution < 1.29 is 47.4 Å². The molecule has 10 nitrogen and oxygen atoms in total. The maximum atomic E-state index is 6.40. The summed E-state index contributed by atoms with van der Waals surface area (Å²) in [7, 11) is 0. The molecule has 4 aromatic carbocycles. The Labute approximate surface area is 353 Å². The summed E-state index contributed by atoms with van der Waals surface area (Å²) in [6.07, 6.45) is 5.71. The summed E-state index contributed by atoms with van der Waals surface area (Å²) in [6.45, 7) is 7.94. The molecule has 0 aromatic heterocycles. The van der Waals surface area contributed by atoms with Crippen molar-refractivity contribution >= 4 is 11.1 Å². The lowest BCUT2D eigenvalue weighted by molar-refractivity contribution is 0.00708. The number of hydrogen-bond donors (Lipinski definition) is 0. The monoisotopic (exact) mass is 816 g/mol. The summed E-state index contributed by atoms with van der Waals surface area (Å²) >= 11 is 0. The topological polar surface area (TPSA) is 92.3 Å². The molecule has 0 amide bonds. The van der Waals surface area contributed by atoms with E-state index in [2.05, 4.69) is 72.8 Å². The third-order valence-electron chi connectivity index (χ3n) is 13.0. The minimum absolute atomic E-state index is 0.115. The van der Waals surface area contributed by atoms with Crippen LogP contribution in [0.3, 0.4) is 0 Å². The third kappa shape index (κ3) is 8.06. The van der Waals surface area contributed by atoms with E-state index >= 15 is 0 Å². The first-order valence-corrected chi connectivity index (χ1v) is 21.9. The van der Waals surface area contributed by atoms with Crippen molar-refractivity contribution in [2.75, 3.05) is 106 Å². The average Bonchev–Trinajstić information content (AvgIpc) is 3.97. The highest BCUT2D eigenvalue weighted by Gasteiger charge is 2.54. The number of ether oxygens (including phenoxy) is 10. The fraction of sp³-hybridized carbons (Fsp3) is 0.480. The summed E-state index contributed by atoms with van der Waals surface area (Å²) in [6, 6.07) is 27.3. The van der Waals surface area contributed by atoms with Crippen LogP contribution in [-0.2, 0) is 66.9 Å². The van der Waals surface area contributed by atoms with Crippen LogP contribution in [0, 0.1) is 10.8 Å².